The van der Waals surface area contributed by atoms with Crippen LogP contribution in [0.3, 0.4) is 0 Å². The predicted molar refractivity (Wildman–Crippen MR) is 159 cm³/mol. The molecule has 0 bridgehead atoms. The van der Waals surface area contributed by atoms with E-state index in [0.717, 1.165) is 76.8 Å². The van der Waals surface area contributed by atoms with E-state index in [4.69, 9.17) is 4.74 Å². The Balaban J connectivity index is 1.45. The lowest BCUT2D eigenvalue weighted by molar-refractivity contribution is -0.121. The molecule has 0 spiro atoms. The highest BCUT2D eigenvalue weighted by Gasteiger charge is 2.10. The van der Waals surface area contributed by atoms with Gasteiger partial charge in [-0.05, 0) is 62.6 Å². The third-order valence-electron chi connectivity index (χ3n) is 5.94. The van der Waals surface area contributed by atoms with Gasteiger partial charge in [0, 0.05) is 31.7 Å². The molecule has 1 aromatic carbocycles. The van der Waals surface area contributed by atoms with Gasteiger partial charge in [-0.1, -0.05) is 92.0 Å². The van der Waals surface area contributed by atoms with E-state index in [1.807, 2.05) is 0 Å². The van der Waals surface area contributed by atoms with E-state index < -0.39 is 0 Å². The molecule has 37 heavy (non-hydrogen) atoms. The van der Waals surface area contributed by atoms with Crippen LogP contribution in [0.5, 0.6) is 0 Å². The second kappa shape index (κ2) is 21.0. The summed E-state index contributed by atoms with van der Waals surface area (Å²) < 4.78 is 5.41. The molecule has 0 atom stereocenters. The van der Waals surface area contributed by atoms with Gasteiger partial charge in [0.25, 0.3) is 0 Å². The van der Waals surface area contributed by atoms with E-state index in [0.29, 0.717) is 13.0 Å². The summed E-state index contributed by atoms with van der Waals surface area (Å²) in [4.78, 5) is 14.4. The summed E-state index contributed by atoms with van der Waals surface area (Å²) in [6.45, 7) is 6.17. The van der Waals surface area contributed by atoms with Gasteiger partial charge < -0.3 is 15.0 Å². The Morgan fingerprint density at radius 1 is 0.757 bits per heavy atom. The number of carbonyl (C=O) groups is 1. The zero-order valence-electron chi connectivity index (χ0n) is 22.7. The lowest BCUT2D eigenvalue weighted by atomic mass is 10.2. The number of ether oxygens (including phenoxy) is 1. The topological polar surface area (TPSA) is 41.6 Å². The zero-order chi connectivity index (χ0) is 26.2. The van der Waals surface area contributed by atoms with Gasteiger partial charge in [0.15, 0.2) is 0 Å². The maximum Gasteiger partial charge on any atom is 0.220 e. The van der Waals surface area contributed by atoms with E-state index in [9.17, 15) is 4.79 Å². The van der Waals surface area contributed by atoms with Crippen LogP contribution in [0.2, 0.25) is 0 Å². The van der Waals surface area contributed by atoms with Crippen molar-refractivity contribution in [2.75, 3.05) is 31.2 Å². The first kappa shape index (κ1) is 30.1. The number of allylic oxidation sites excluding steroid dienone is 12. The molecule has 1 fully saturated rings. The molecule has 1 saturated heterocycles. The first-order chi connectivity index (χ1) is 18.3. The minimum atomic E-state index is 0.0942. The Labute approximate surface area is 225 Å². The van der Waals surface area contributed by atoms with Gasteiger partial charge in [0.05, 0.1) is 13.2 Å². The van der Waals surface area contributed by atoms with Crippen molar-refractivity contribution in [1.29, 1.82) is 0 Å². The van der Waals surface area contributed by atoms with Gasteiger partial charge in [-0.15, -0.1) is 0 Å². The molecule has 0 saturated carbocycles. The molecular weight excluding hydrogens is 456 g/mol. The summed E-state index contributed by atoms with van der Waals surface area (Å²) >= 11 is 0. The average molecular weight is 503 g/mol. The van der Waals surface area contributed by atoms with Crippen LogP contribution in [-0.2, 0) is 16.1 Å². The fraction of sp³-hybridized carbons (Fsp3) is 0.424. The molecule has 4 heteroatoms. The summed E-state index contributed by atoms with van der Waals surface area (Å²) in [5.74, 6) is 0.0942. The minimum Gasteiger partial charge on any atom is -0.378 e. The van der Waals surface area contributed by atoms with Gasteiger partial charge in [0.2, 0.25) is 5.91 Å². The quantitative estimate of drug-likeness (QED) is 0.223. The van der Waals surface area contributed by atoms with Crippen molar-refractivity contribution < 1.29 is 9.53 Å². The highest BCUT2D eigenvalue weighted by atomic mass is 16.5. The smallest absolute Gasteiger partial charge is 0.220 e. The Kier molecular flexibility index (Phi) is 17.1. The Morgan fingerprint density at radius 3 is 1.76 bits per heavy atom. The SMILES string of the molecule is CCC=CCC=CCC=CCC=CCC=CCC=CCCC(=O)NCc1ccc(N2CCOCC2)cc1. The largest absolute Gasteiger partial charge is 0.378 e. The lowest BCUT2D eigenvalue weighted by Crippen LogP contribution is -2.36. The zero-order valence-corrected chi connectivity index (χ0v) is 22.7. The van der Waals surface area contributed by atoms with Crippen LogP contribution >= 0.6 is 0 Å². The summed E-state index contributed by atoms with van der Waals surface area (Å²) in [7, 11) is 0. The molecule has 0 unspecified atom stereocenters. The van der Waals surface area contributed by atoms with Gasteiger partial charge in [-0.25, -0.2) is 0 Å². The van der Waals surface area contributed by atoms with Gasteiger partial charge >= 0.3 is 0 Å². The number of carbonyl (C=O) groups excluding carboxylic acids is 1. The Morgan fingerprint density at radius 2 is 1.24 bits per heavy atom. The molecule has 0 radical (unpaired) electrons. The second-order valence-corrected chi connectivity index (χ2v) is 9.00. The number of nitrogens with one attached hydrogen (secondary N) is 1. The molecular formula is C33H46N2O2. The van der Waals surface area contributed by atoms with Crippen LogP contribution in [0, 0.1) is 0 Å². The van der Waals surface area contributed by atoms with E-state index in [2.05, 4.69) is 114 Å². The number of hydrogen-bond acceptors (Lipinski definition) is 3. The van der Waals surface area contributed by atoms with Crippen LogP contribution in [0.1, 0.15) is 63.9 Å². The van der Waals surface area contributed by atoms with Gasteiger partial charge in [-0.2, -0.15) is 0 Å². The molecule has 2 rings (SSSR count). The van der Waals surface area contributed by atoms with Crippen molar-refractivity contribution in [1.82, 2.24) is 5.32 Å². The van der Waals surface area contributed by atoms with Crippen molar-refractivity contribution in [2.24, 2.45) is 0 Å². The summed E-state index contributed by atoms with van der Waals surface area (Å²) in [5, 5.41) is 3.02. The van der Waals surface area contributed by atoms with Crippen molar-refractivity contribution >= 4 is 11.6 Å². The van der Waals surface area contributed by atoms with Crippen molar-refractivity contribution in [3.63, 3.8) is 0 Å². The van der Waals surface area contributed by atoms with Crippen LogP contribution in [0.25, 0.3) is 0 Å². The first-order valence-corrected chi connectivity index (χ1v) is 13.9. The summed E-state index contributed by atoms with van der Waals surface area (Å²) in [6, 6.07) is 8.45. The Hall–Kier alpha value is -3.11. The van der Waals surface area contributed by atoms with Crippen LogP contribution in [0.15, 0.2) is 97.2 Å². The van der Waals surface area contributed by atoms with E-state index in [1.54, 1.807) is 0 Å². The fourth-order valence-corrected chi connectivity index (χ4v) is 3.79. The number of amides is 1. The Bertz CT molecular complexity index is 901. The van der Waals surface area contributed by atoms with Crippen molar-refractivity contribution in [3.05, 3.63) is 103 Å². The number of rotatable bonds is 17. The van der Waals surface area contributed by atoms with E-state index in [-0.39, 0.29) is 5.91 Å². The van der Waals surface area contributed by atoms with Crippen molar-refractivity contribution in [2.45, 2.75) is 64.8 Å². The molecule has 1 amide bonds. The monoisotopic (exact) mass is 502 g/mol. The first-order valence-electron chi connectivity index (χ1n) is 13.9. The third kappa shape index (κ3) is 15.6. The highest BCUT2D eigenvalue weighted by molar-refractivity contribution is 5.76. The average Bonchev–Trinajstić information content (AvgIpc) is 2.94. The third-order valence-corrected chi connectivity index (χ3v) is 5.94. The maximum atomic E-state index is 12.1. The molecule has 0 aromatic heterocycles. The molecule has 1 aliphatic heterocycles. The van der Waals surface area contributed by atoms with E-state index >= 15 is 0 Å². The van der Waals surface area contributed by atoms with E-state index in [1.165, 1.54) is 5.69 Å². The molecule has 0 aliphatic carbocycles. The minimum absolute atomic E-state index is 0.0942. The summed E-state index contributed by atoms with van der Waals surface area (Å²) in [5.41, 5.74) is 2.34. The number of anilines is 1. The number of hydrogen-bond donors (Lipinski definition) is 1. The van der Waals surface area contributed by atoms with Crippen LogP contribution in [-0.4, -0.2) is 32.2 Å². The van der Waals surface area contributed by atoms with Crippen LogP contribution < -0.4 is 10.2 Å². The molecule has 1 heterocycles. The summed E-state index contributed by atoms with van der Waals surface area (Å²) in [6.07, 6.45) is 33.6. The molecule has 1 aromatic rings. The predicted octanol–water partition coefficient (Wildman–Crippen LogP) is 7.62. The molecule has 4 nitrogen and oxygen atoms in total. The van der Waals surface area contributed by atoms with Crippen molar-refractivity contribution in [3.8, 4) is 0 Å². The van der Waals surface area contributed by atoms with Crippen LogP contribution in [0.4, 0.5) is 5.69 Å². The number of benzene rings is 1. The number of morpholine rings is 1. The molecule has 1 N–H and O–H groups in total. The maximum absolute atomic E-state index is 12.1. The fourth-order valence-electron chi connectivity index (χ4n) is 3.79. The number of nitrogens with zero attached hydrogens (tertiary/aromatic N) is 1. The van der Waals surface area contributed by atoms with Gasteiger partial charge in [-0.3, -0.25) is 4.79 Å². The second-order valence-electron chi connectivity index (χ2n) is 9.00. The lowest BCUT2D eigenvalue weighted by Gasteiger charge is -2.28. The molecule has 1 aliphatic rings. The highest BCUT2D eigenvalue weighted by Crippen LogP contribution is 2.16. The van der Waals surface area contributed by atoms with Gasteiger partial charge in [0.1, 0.15) is 0 Å². The molecule has 200 valence electrons. The normalized spacial score (nSPS) is 15.0. The standard InChI is InChI=1S/C33H46N2O2/c1-2-3-4-5-6-7-8-9-10-11-12-13-14-15-16-17-18-19-20-21-33(36)34-30-31-22-24-32(25-23-31)35-26-28-37-29-27-35/h3-4,6-7,9-10,12-13,15-16,18-19,22-25H,2,5,8,11,14,17,20-21,26-30H2,1H3,(H,34,36).